The molecule has 0 spiro atoms. The summed E-state index contributed by atoms with van der Waals surface area (Å²) in [7, 11) is 0. The number of morpholine rings is 1. The van der Waals surface area contributed by atoms with Crippen molar-refractivity contribution < 1.29 is 4.74 Å². The number of anilines is 1. The molecule has 0 amide bonds. The van der Waals surface area contributed by atoms with Gasteiger partial charge in [-0.15, -0.1) is 0 Å². The number of benzene rings is 1. The lowest BCUT2D eigenvalue weighted by atomic mass is 10.0. The molecule has 0 aromatic heterocycles. The number of hydrogen-bond acceptors (Lipinski definition) is 3. The van der Waals surface area contributed by atoms with E-state index in [1.807, 2.05) is 0 Å². The Morgan fingerprint density at radius 1 is 1.44 bits per heavy atom. The molecule has 1 aromatic carbocycles. The van der Waals surface area contributed by atoms with Gasteiger partial charge < -0.3 is 10.1 Å². The molecule has 1 fully saturated rings. The summed E-state index contributed by atoms with van der Waals surface area (Å²) in [5.41, 5.74) is 4.26. The van der Waals surface area contributed by atoms with Crippen LogP contribution in [0.15, 0.2) is 18.2 Å². The van der Waals surface area contributed by atoms with Gasteiger partial charge in [0, 0.05) is 31.4 Å². The van der Waals surface area contributed by atoms with Crippen molar-refractivity contribution in [2.75, 3.05) is 31.6 Å². The van der Waals surface area contributed by atoms with Crippen LogP contribution in [-0.2, 0) is 17.7 Å². The minimum atomic E-state index is 0.535. The lowest BCUT2D eigenvalue weighted by Crippen LogP contribution is -2.42. The normalized spacial score (nSPS) is 24.4. The van der Waals surface area contributed by atoms with Crippen LogP contribution in [0.25, 0.3) is 0 Å². The molecule has 0 saturated carbocycles. The van der Waals surface area contributed by atoms with Gasteiger partial charge in [0.2, 0.25) is 0 Å². The molecular formula is C15H22N2O. The van der Waals surface area contributed by atoms with Crippen molar-refractivity contribution in [1.29, 1.82) is 0 Å². The first kappa shape index (κ1) is 12.0. The minimum absolute atomic E-state index is 0.535. The fraction of sp³-hybridized carbons (Fsp3) is 0.600. The number of fused-ring (bicyclic) bond motifs is 1. The standard InChI is InChI=1S/C15H22N2O/c1-12-11-18-8-7-17(12)10-13-4-5-15-14(9-13)3-2-6-16-15/h4-5,9,12,16H,2-3,6-8,10-11H2,1H3. The van der Waals surface area contributed by atoms with E-state index in [4.69, 9.17) is 4.74 Å². The maximum absolute atomic E-state index is 5.49. The molecule has 2 aliphatic heterocycles. The second kappa shape index (κ2) is 5.29. The third kappa shape index (κ3) is 2.52. The van der Waals surface area contributed by atoms with Gasteiger partial charge >= 0.3 is 0 Å². The molecule has 3 heteroatoms. The summed E-state index contributed by atoms with van der Waals surface area (Å²) in [5, 5.41) is 3.47. The van der Waals surface area contributed by atoms with Crippen molar-refractivity contribution in [3.8, 4) is 0 Å². The molecule has 0 aliphatic carbocycles. The Bertz CT molecular complexity index is 419. The average Bonchev–Trinajstić information content (AvgIpc) is 2.41. The first-order chi connectivity index (χ1) is 8.83. The molecule has 1 unspecified atom stereocenters. The topological polar surface area (TPSA) is 24.5 Å². The van der Waals surface area contributed by atoms with Crippen LogP contribution in [0, 0.1) is 0 Å². The zero-order valence-electron chi connectivity index (χ0n) is 11.1. The minimum Gasteiger partial charge on any atom is -0.385 e. The van der Waals surface area contributed by atoms with Crippen LogP contribution in [0.2, 0.25) is 0 Å². The number of nitrogens with one attached hydrogen (secondary N) is 1. The van der Waals surface area contributed by atoms with Crippen molar-refractivity contribution in [3.63, 3.8) is 0 Å². The van der Waals surface area contributed by atoms with E-state index in [9.17, 15) is 0 Å². The van der Waals surface area contributed by atoms with Gasteiger partial charge in [-0.2, -0.15) is 0 Å². The van der Waals surface area contributed by atoms with Crippen LogP contribution >= 0.6 is 0 Å². The van der Waals surface area contributed by atoms with E-state index in [2.05, 4.69) is 35.3 Å². The third-order valence-corrected chi connectivity index (χ3v) is 4.00. The van der Waals surface area contributed by atoms with Crippen LogP contribution in [0.4, 0.5) is 5.69 Å². The van der Waals surface area contributed by atoms with Gasteiger partial charge in [0.15, 0.2) is 0 Å². The number of aryl methyl sites for hydroxylation is 1. The maximum atomic E-state index is 5.49. The summed E-state index contributed by atoms with van der Waals surface area (Å²) >= 11 is 0. The van der Waals surface area contributed by atoms with E-state index < -0.39 is 0 Å². The molecule has 2 aliphatic rings. The highest BCUT2D eigenvalue weighted by molar-refractivity contribution is 5.54. The van der Waals surface area contributed by atoms with E-state index >= 15 is 0 Å². The summed E-state index contributed by atoms with van der Waals surface area (Å²) < 4.78 is 5.49. The second-order valence-corrected chi connectivity index (χ2v) is 5.42. The van der Waals surface area contributed by atoms with Crippen LogP contribution < -0.4 is 5.32 Å². The van der Waals surface area contributed by atoms with Gasteiger partial charge in [0.1, 0.15) is 0 Å². The van der Waals surface area contributed by atoms with Crippen LogP contribution in [0.5, 0.6) is 0 Å². The molecule has 0 bridgehead atoms. The molecular weight excluding hydrogens is 224 g/mol. The van der Waals surface area contributed by atoms with E-state index in [0.29, 0.717) is 6.04 Å². The van der Waals surface area contributed by atoms with E-state index in [-0.39, 0.29) is 0 Å². The molecule has 2 heterocycles. The summed E-state index contributed by atoms with van der Waals surface area (Å²) in [4.78, 5) is 2.52. The fourth-order valence-electron chi connectivity index (χ4n) is 2.86. The average molecular weight is 246 g/mol. The van der Waals surface area contributed by atoms with Gasteiger partial charge in [-0.1, -0.05) is 12.1 Å². The summed E-state index contributed by atoms with van der Waals surface area (Å²) in [5.74, 6) is 0. The Labute approximate surface area is 109 Å². The quantitative estimate of drug-likeness (QED) is 0.866. The highest BCUT2D eigenvalue weighted by Gasteiger charge is 2.19. The second-order valence-electron chi connectivity index (χ2n) is 5.42. The highest BCUT2D eigenvalue weighted by Crippen LogP contribution is 2.24. The Balaban J connectivity index is 1.72. The molecule has 3 nitrogen and oxygen atoms in total. The number of nitrogens with zero attached hydrogens (tertiary/aromatic N) is 1. The molecule has 18 heavy (non-hydrogen) atoms. The Morgan fingerprint density at radius 3 is 3.28 bits per heavy atom. The van der Waals surface area contributed by atoms with Gasteiger partial charge in [-0.3, -0.25) is 4.90 Å². The van der Waals surface area contributed by atoms with Crippen molar-refractivity contribution in [2.45, 2.75) is 32.4 Å². The predicted octanol–water partition coefficient (Wildman–Crippen LogP) is 2.27. The predicted molar refractivity (Wildman–Crippen MR) is 73.9 cm³/mol. The van der Waals surface area contributed by atoms with E-state index in [0.717, 1.165) is 32.8 Å². The third-order valence-electron chi connectivity index (χ3n) is 4.00. The van der Waals surface area contributed by atoms with Crippen LogP contribution in [-0.4, -0.2) is 37.2 Å². The van der Waals surface area contributed by atoms with E-state index in [1.54, 1.807) is 0 Å². The highest BCUT2D eigenvalue weighted by atomic mass is 16.5. The zero-order chi connectivity index (χ0) is 12.4. The first-order valence-electron chi connectivity index (χ1n) is 7.00. The van der Waals surface area contributed by atoms with Gasteiger partial charge in [-0.25, -0.2) is 0 Å². The Morgan fingerprint density at radius 2 is 2.39 bits per heavy atom. The first-order valence-corrected chi connectivity index (χ1v) is 7.00. The van der Waals surface area contributed by atoms with Gasteiger partial charge in [0.25, 0.3) is 0 Å². The monoisotopic (exact) mass is 246 g/mol. The SMILES string of the molecule is CC1COCCN1Cc1ccc2c(c1)CCCN2. The fourth-order valence-corrected chi connectivity index (χ4v) is 2.86. The van der Waals surface area contributed by atoms with Crippen LogP contribution in [0.1, 0.15) is 24.5 Å². The molecule has 3 rings (SSSR count). The number of rotatable bonds is 2. The molecule has 1 aromatic rings. The molecule has 1 atom stereocenters. The molecule has 1 saturated heterocycles. The Hall–Kier alpha value is -1.06. The molecule has 98 valence electrons. The summed E-state index contributed by atoms with van der Waals surface area (Å²) in [6.07, 6.45) is 2.47. The van der Waals surface area contributed by atoms with Crippen molar-refractivity contribution in [3.05, 3.63) is 29.3 Å². The van der Waals surface area contributed by atoms with Crippen molar-refractivity contribution >= 4 is 5.69 Å². The zero-order valence-corrected chi connectivity index (χ0v) is 11.1. The summed E-state index contributed by atoms with van der Waals surface area (Å²) in [6, 6.07) is 7.42. The summed E-state index contributed by atoms with van der Waals surface area (Å²) in [6.45, 7) is 7.21. The van der Waals surface area contributed by atoms with Gasteiger partial charge in [-0.05, 0) is 37.0 Å². The number of hydrogen-bond donors (Lipinski definition) is 1. The molecule has 0 radical (unpaired) electrons. The van der Waals surface area contributed by atoms with E-state index in [1.165, 1.54) is 29.7 Å². The van der Waals surface area contributed by atoms with Gasteiger partial charge in [0.05, 0.1) is 13.2 Å². The lowest BCUT2D eigenvalue weighted by molar-refractivity contribution is -0.00437. The smallest absolute Gasteiger partial charge is 0.0619 e. The Kier molecular flexibility index (Phi) is 3.52. The van der Waals surface area contributed by atoms with Crippen molar-refractivity contribution in [1.82, 2.24) is 4.90 Å². The lowest BCUT2D eigenvalue weighted by Gasteiger charge is -2.33. The van der Waals surface area contributed by atoms with Crippen LogP contribution in [0.3, 0.4) is 0 Å². The van der Waals surface area contributed by atoms with Crippen molar-refractivity contribution in [2.24, 2.45) is 0 Å². The largest absolute Gasteiger partial charge is 0.385 e. The maximum Gasteiger partial charge on any atom is 0.0619 e. The number of ether oxygens (including phenoxy) is 1. The molecule has 1 N–H and O–H groups in total.